The van der Waals surface area contributed by atoms with Gasteiger partial charge in [-0.1, -0.05) is 31.2 Å². The smallest absolute Gasteiger partial charge is 0.335 e. The lowest BCUT2D eigenvalue weighted by molar-refractivity contribution is -0.122. The summed E-state index contributed by atoms with van der Waals surface area (Å²) in [7, 11) is 1.50. The first-order valence-electron chi connectivity index (χ1n) is 10.9. The van der Waals surface area contributed by atoms with Crippen molar-refractivity contribution in [2.45, 2.75) is 20.0 Å². The Kier molecular flexibility index (Phi) is 6.91. The van der Waals surface area contributed by atoms with E-state index in [0.717, 1.165) is 16.9 Å². The maximum Gasteiger partial charge on any atom is 0.335 e. The number of halogens is 1. The van der Waals surface area contributed by atoms with Gasteiger partial charge in [0.2, 0.25) is 0 Å². The maximum absolute atomic E-state index is 13.5. The van der Waals surface area contributed by atoms with Crippen LogP contribution >= 0.6 is 0 Å². The molecular formula is C27H23FN2O5. The van der Waals surface area contributed by atoms with Gasteiger partial charge < -0.3 is 9.47 Å². The van der Waals surface area contributed by atoms with E-state index in [1.807, 2.05) is 19.1 Å². The zero-order valence-corrected chi connectivity index (χ0v) is 19.2. The van der Waals surface area contributed by atoms with Crippen molar-refractivity contribution in [3.63, 3.8) is 0 Å². The Morgan fingerprint density at radius 2 is 1.74 bits per heavy atom. The van der Waals surface area contributed by atoms with E-state index in [4.69, 9.17) is 9.47 Å². The number of carbonyl (C=O) groups is 3. The number of barbiturate groups is 1. The molecule has 4 rings (SSSR count). The number of hydrogen-bond acceptors (Lipinski definition) is 5. The molecule has 0 atom stereocenters. The topological polar surface area (TPSA) is 84.9 Å². The fourth-order valence-corrected chi connectivity index (χ4v) is 3.60. The normalized spacial score (nSPS) is 14.8. The summed E-state index contributed by atoms with van der Waals surface area (Å²) in [5.74, 6) is -1.14. The van der Waals surface area contributed by atoms with Crippen LogP contribution in [0.3, 0.4) is 0 Å². The molecule has 0 spiro atoms. The molecule has 35 heavy (non-hydrogen) atoms. The number of amides is 4. The molecule has 3 aromatic carbocycles. The van der Waals surface area contributed by atoms with Crippen LogP contribution in [-0.4, -0.2) is 25.0 Å². The van der Waals surface area contributed by atoms with Crippen LogP contribution in [0.1, 0.15) is 23.6 Å². The first-order chi connectivity index (χ1) is 16.9. The molecule has 0 saturated carbocycles. The third kappa shape index (κ3) is 5.22. The van der Waals surface area contributed by atoms with Crippen molar-refractivity contribution < 1.29 is 28.2 Å². The molecule has 8 heteroatoms. The molecule has 178 valence electrons. The molecule has 1 aliphatic rings. The lowest BCUT2D eigenvalue weighted by atomic mass is 10.1. The number of urea groups is 1. The number of benzene rings is 3. The fraction of sp³-hybridized carbons (Fsp3) is 0.148. The second-order valence-electron chi connectivity index (χ2n) is 7.80. The number of rotatable bonds is 7. The highest BCUT2D eigenvalue weighted by molar-refractivity contribution is 6.39. The third-order valence-corrected chi connectivity index (χ3v) is 5.51. The first kappa shape index (κ1) is 23.7. The molecule has 0 unspecified atom stereocenters. The van der Waals surface area contributed by atoms with E-state index in [-0.39, 0.29) is 18.0 Å². The zero-order valence-electron chi connectivity index (χ0n) is 19.2. The quantitative estimate of drug-likeness (QED) is 0.398. The number of nitrogens with zero attached hydrogens (tertiary/aromatic N) is 1. The molecule has 1 heterocycles. The highest BCUT2D eigenvalue weighted by Crippen LogP contribution is 2.29. The van der Waals surface area contributed by atoms with Crippen molar-refractivity contribution in [1.82, 2.24) is 5.32 Å². The number of aryl methyl sites for hydroxylation is 1. The molecule has 0 aromatic heterocycles. The molecule has 1 saturated heterocycles. The average molecular weight is 474 g/mol. The molecule has 0 bridgehead atoms. The van der Waals surface area contributed by atoms with Gasteiger partial charge in [-0.3, -0.25) is 14.9 Å². The highest BCUT2D eigenvalue weighted by atomic mass is 19.1. The number of anilines is 1. The van der Waals surface area contributed by atoms with Crippen LogP contribution in [-0.2, 0) is 22.6 Å². The van der Waals surface area contributed by atoms with Crippen molar-refractivity contribution in [1.29, 1.82) is 0 Å². The summed E-state index contributed by atoms with van der Waals surface area (Å²) in [4.78, 5) is 39.2. The van der Waals surface area contributed by atoms with Gasteiger partial charge in [0.25, 0.3) is 11.8 Å². The van der Waals surface area contributed by atoms with Crippen LogP contribution in [0.25, 0.3) is 6.08 Å². The summed E-state index contributed by atoms with van der Waals surface area (Å²) < 4.78 is 24.7. The van der Waals surface area contributed by atoms with Gasteiger partial charge in [0.15, 0.2) is 0 Å². The van der Waals surface area contributed by atoms with E-state index in [9.17, 15) is 18.8 Å². The number of methoxy groups -OCH3 is 1. The second kappa shape index (κ2) is 10.2. The molecule has 7 nitrogen and oxygen atoms in total. The first-order valence-corrected chi connectivity index (χ1v) is 10.9. The molecule has 1 N–H and O–H groups in total. The van der Waals surface area contributed by atoms with Crippen LogP contribution in [0.4, 0.5) is 14.9 Å². The summed E-state index contributed by atoms with van der Waals surface area (Å²) in [5, 5.41) is 2.22. The van der Waals surface area contributed by atoms with Gasteiger partial charge in [0, 0.05) is 11.6 Å². The highest BCUT2D eigenvalue weighted by Gasteiger charge is 2.37. The van der Waals surface area contributed by atoms with E-state index in [0.29, 0.717) is 28.3 Å². The lowest BCUT2D eigenvalue weighted by Crippen LogP contribution is -2.54. The SMILES string of the molecule is CCc1ccc(N2C(=O)NC(=O)/C(=C\c3ccc(OC)cc3OCc3cccc(F)c3)C2=O)cc1. The van der Waals surface area contributed by atoms with Gasteiger partial charge in [-0.2, -0.15) is 0 Å². The van der Waals surface area contributed by atoms with Gasteiger partial charge in [-0.25, -0.2) is 14.1 Å². The number of hydrogen-bond donors (Lipinski definition) is 1. The van der Waals surface area contributed by atoms with Crippen LogP contribution in [0.5, 0.6) is 11.5 Å². The van der Waals surface area contributed by atoms with Crippen molar-refractivity contribution in [3.05, 3.63) is 94.8 Å². The van der Waals surface area contributed by atoms with Gasteiger partial charge in [0.1, 0.15) is 29.5 Å². The van der Waals surface area contributed by atoms with Crippen molar-refractivity contribution >= 4 is 29.6 Å². The summed E-state index contributed by atoms with van der Waals surface area (Å²) in [6.07, 6.45) is 2.16. The molecule has 0 aliphatic carbocycles. The number of nitrogens with one attached hydrogen (secondary N) is 1. The number of carbonyl (C=O) groups excluding carboxylic acids is 3. The Balaban J connectivity index is 1.67. The molecule has 4 amide bonds. The Hall–Kier alpha value is -4.46. The molecular weight excluding hydrogens is 451 g/mol. The predicted octanol–water partition coefficient (Wildman–Crippen LogP) is 4.64. The minimum Gasteiger partial charge on any atom is -0.497 e. The van der Waals surface area contributed by atoms with E-state index in [1.165, 1.54) is 25.3 Å². The Bertz CT molecular complexity index is 1320. The molecule has 1 fully saturated rings. The standard InChI is InChI=1S/C27H23FN2O5/c1-3-17-7-10-21(11-8-17)30-26(32)23(25(31)29-27(30)33)14-19-9-12-22(34-2)15-24(19)35-16-18-5-4-6-20(28)13-18/h4-15H,3,16H2,1-2H3,(H,29,31,33)/b23-14+. The minimum atomic E-state index is -0.821. The molecule has 0 radical (unpaired) electrons. The number of imide groups is 2. The predicted molar refractivity (Wildman–Crippen MR) is 129 cm³/mol. The third-order valence-electron chi connectivity index (χ3n) is 5.51. The summed E-state index contributed by atoms with van der Waals surface area (Å²) >= 11 is 0. The largest absolute Gasteiger partial charge is 0.497 e. The van der Waals surface area contributed by atoms with E-state index in [2.05, 4.69) is 5.32 Å². The zero-order chi connectivity index (χ0) is 24.9. The maximum atomic E-state index is 13.5. The summed E-state index contributed by atoms with van der Waals surface area (Å²) in [6, 6.07) is 17.0. The molecule has 1 aliphatic heterocycles. The van der Waals surface area contributed by atoms with E-state index < -0.39 is 17.8 Å². The Labute approximate surface area is 201 Å². The number of ether oxygens (including phenoxy) is 2. The van der Waals surface area contributed by atoms with Crippen molar-refractivity contribution in [3.8, 4) is 11.5 Å². The van der Waals surface area contributed by atoms with Crippen molar-refractivity contribution in [2.24, 2.45) is 0 Å². The van der Waals surface area contributed by atoms with E-state index in [1.54, 1.807) is 42.5 Å². The Morgan fingerprint density at radius 1 is 0.971 bits per heavy atom. The van der Waals surface area contributed by atoms with Gasteiger partial charge in [0.05, 0.1) is 12.8 Å². The van der Waals surface area contributed by atoms with Gasteiger partial charge >= 0.3 is 6.03 Å². The minimum absolute atomic E-state index is 0.0512. The second-order valence-corrected chi connectivity index (χ2v) is 7.80. The lowest BCUT2D eigenvalue weighted by Gasteiger charge is -2.26. The Morgan fingerprint density at radius 3 is 2.43 bits per heavy atom. The monoisotopic (exact) mass is 474 g/mol. The fourth-order valence-electron chi connectivity index (χ4n) is 3.60. The van der Waals surface area contributed by atoms with E-state index >= 15 is 0 Å². The van der Waals surface area contributed by atoms with Gasteiger partial charge in [-0.15, -0.1) is 0 Å². The summed E-state index contributed by atoms with van der Waals surface area (Å²) in [5.41, 5.74) is 2.18. The van der Waals surface area contributed by atoms with Crippen LogP contribution in [0.2, 0.25) is 0 Å². The summed E-state index contributed by atoms with van der Waals surface area (Å²) in [6.45, 7) is 2.05. The van der Waals surface area contributed by atoms with Crippen molar-refractivity contribution in [2.75, 3.05) is 12.0 Å². The van der Waals surface area contributed by atoms with Crippen LogP contribution < -0.4 is 19.7 Å². The van der Waals surface area contributed by atoms with Gasteiger partial charge in [-0.05, 0) is 60.0 Å². The molecule has 3 aromatic rings. The van der Waals surface area contributed by atoms with Crippen LogP contribution in [0, 0.1) is 5.82 Å². The van der Waals surface area contributed by atoms with Crippen LogP contribution in [0.15, 0.2) is 72.3 Å². The average Bonchev–Trinajstić information content (AvgIpc) is 2.86.